The van der Waals surface area contributed by atoms with E-state index in [1.165, 1.54) is 17.3 Å². The van der Waals surface area contributed by atoms with Crippen molar-refractivity contribution in [2.75, 3.05) is 0 Å². The summed E-state index contributed by atoms with van der Waals surface area (Å²) in [5, 5.41) is 2.72. The quantitative estimate of drug-likeness (QED) is 0.785. The number of aliphatic imine (C=N–C) groups is 1. The van der Waals surface area contributed by atoms with E-state index >= 15 is 0 Å². The smallest absolute Gasteiger partial charge is 0.289 e. The number of carbonyl (C=O) groups is 1. The number of nitrogens with zero attached hydrogens (tertiary/aromatic N) is 1. The second-order valence-electron chi connectivity index (χ2n) is 6.69. The molecule has 1 amide bonds. The summed E-state index contributed by atoms with van der Waals surface area (Å²) in [6.07, 6.45) is 2.00. The van der Waals surface area contributed by atoms with Gasteiger partial charge in [0.25, 0.3) is 5.24 Å². The van der Waals surface area contributed by atoms with Gasteiger partial charge >= 0.3 is 0 Å². The topological polar surface area (TPSA) is 41.5 Å². The highest BCUT2D eigenvalue weighted by Crippen LogP contribution is 2.29. The van der Waals surface area contributed by atoms with Crippen LogP contribution in [0.25, 0.3) is 6.08 Å². The van der Waals surface area contributed by atoms with E-state index in [0.29, 0.717) is 5.84 Å². The molecule has 122 valence electrons. The molecule has 4 heteroatoms. The highest BCUT2D eigenvalue weighted by molar-refractivity contribution is 8.18. The number of benzene rings is 2. The lowest BCUT2D eigenvalue weighted by molar-refractivity contribution is 0.265. The number of hydrogen-bond acceptors (Lipinski definition) is 3. The second-order valence-corrected chi connectivity index (χ2v) is 7.71. The Morgan fingerprint density at radius 3 is 2.29 bits per heavy atom. The summed E-state index contributed by atoms with van der Waals surface area (Å²) in [7, 11) is 0. The van der Waals surface area contributed by atoms with Crippen LogP contribution in [0.4, 0.5) is 10.5 Å². The molecule has 1 fully saturated rings. The Morgan fingerprint density at radius 2 is 1.67 bits per heavy atom. The van der Waals surface area contributed by atoms with Crippen LogP contribution in [-0.4, -0.2) is 11.1 Å². The lowest BCUT2D eigenvalue weighted by atomic mass is 9.87. The van der Waals surface area contributed by atoms with Gasteiger partial charge < -0.3 is 5.32 Å². The minimum atomic E-state index is -0.0951. The Kier molecular flexibility index (Phi) is 4.58. The molecule has 1 aliphatic heterocycles. The predicted molar refractivity (Wildman–Crippen MR) is 103 cm³/mol. The van der Waals surface area contributed by atoms with Crippen molar-refractivity contribution in [2.45, 2.75) is 26.2 Å². The van der Waals surface area contributed by atoms with Crippen LogP contribution in [0, 0.1) is 0 Å². The fraction of sp³-hybridized carbons (Fsp3) is 0.200. The normalized spacial score (nSPS) is 18.2. The Morgan fingerprint density at radius 1 is 1.00 bits per heavy atom. The van der Waals surface area contributed by atoms with E-state index in [0.717, 1.165) is 16.2 Å². The van der Waals surface area contributed by atoms with Crippen LogP contribution in [0.2, 0.25) is 0 Å². The van der Waals surface area contributed by atoms with Gasteiger partial charge in [-0.25, -0.2) is 4.99 Å². The maximum Gasteiger partial charge on any atom is 0.289 e. The summed E-state index contributed by atoms with van der Waals surface area (Å²) < 4.78 is 0. The van der Waals surface area contributed by atoms with Crippen molar-refractivity contribution in [1.29, 1.82) is 0 Å². The molecule has 0 atom stereocenters. The average molecular weight is 336 g/mol. The fourth-order valence-electron chi connectivity index (χ4n) is 2.38. The molecule has 0 unspecified atom stereocenters. The van der Waals surface area contributed by atoms with Gasteiger partial charge in [-0.2, -0.15) is 0 Å². The molecule has 1 saturated heterocycles. The third kappa shape index (κ3) is 3.95. The fourth-order valence-corrected chi connectivity index (χ4v) is 3.11. The van der Waals surface area contributed by atoms with Crippen LogP contribution in [0.1, 0.15) is 31.9 Å². The van der Waals surface area contributed by atoms with E-state index < -0.39 is 0 Å². The maximum atomic E-state index is 11.8. The molecule has 2 aromatic rings. The van der Waals surface area contributed by atoms with Crippen LogP contribution in [0.15, 0.2) is 64.5 Å². The van der Waals surface area contributed by atoms with E-state index in [4.69, 9.17) is 0 Å². The molecule has 0 spiro atoms. The van der Waals surface area contributed by atoms with E-state index in [1.54, 1.807) is 0 Å². The molecule has 0 aromatic heterocycles. The van der Waals surface area contributed by atoms with Crippen LogP contribution in [0.3, 0.4) is 0 Å². The summed E-state index contributed by atoms with van der Waals surface area (Å²) in [6.45, 7) is 6.58. The zero-order chi connectivity index (χ0) is 17.2. The summed E-state index contributed by atoms with van der Waals surface area (Å²) in [6, 6.07) is 18.1. The Labute approximate surface area is 146 Å². The third-order valence-electron chi connectivity index (χ3n) is 3.73. The molecule has 3 nitrogen and oxygen atoms in total. The van der Waals surface area contributed by atoms with Gasteiger partial charge in [0.05, 0.1) is 10.6 Å². The number of rotatable bonds is 2. The van der Waals surface area contributed by atoms with Crippen LogP contribution < -0.4 is 5.32 Å². The average Bonchev–Trinajstić information content (AvgIpc) is 2.87. The first kappa shape index (κ1) is 16.5. The number of hydrogen-bond donors (Lipinski definition) is 1. The minimum absolute atomic E-state index is 0.0951. The van der Waals surface area contributed by atoms with Crippen molar-refractivity contribution in [3.63, 3.8) is 0 Å². The summed E-state index contributed by atoms with van der Waals surface area (Å²) in [5.41, 5.74) is 3.30. The van der Waals surface area contributed by atoms with E-state index in [-0.39, 0.29) is 10.7 Å². The van der Waals surface area contributed by atoms with Crippen molar-refractivity contribution in [2.24, 2.45) is 4.99 Å². The van der Waals surface area contributed by atoms with E-state index in [2.05, 4.69) is 55.3 Å². The van der Waals surface area contributed by atoms with Crippen LogP contribution in [-0.2, 0) is 5.41 Å². The number of amidine groups is 1. The highest BCUT2D eigenvalue weighted by Gasteiger charge is 2.23. The first-order valence-electron chi connectivity index (χ1n) is 7.87. The first-order valence-corrected chi connectivity index (χ1v) is 8.69. The zero-order valence-corrected chi connectivity index (χ0v) is 14.9. The molecular weight excluding hydrogens is 316 g/mol. The van der Waals surface area contributed by atoms with Gasteiger partial charge in [-0.15, -0.1) is 0 Å². The molecule has 2 aromatic carbocycles. The van der Waals surface area contributed by atoms with Crippen LogP contribution >= 0.6 is 11.8 Å². The first-order chi connectivity index (χ1) is 11.4. The molecule has 1 heterocycles. The number of amides is 1. The van der Waals surface area contributed by atoms with Crippen LogP contribution in [0.5, 0.6) is 0 Å². The van der Waals surface area contributed by atoms with Gasteiger partial charge in [-0.1, -0.05) is 63.2 Å². The molecular formula is C20H20N2OS. The number of carbonyl (C=O) groups excluding carboxylic acids is 1. The molecule has 3 rings (SSSR count). The van der Waals surface area contributed by atoms with Gasteiger partial charge in [0.1, 0.15) is 5.84 Å². The van der Waals surface area contributed by atoms with Gasteiger partial charge in [-0.05, 0) is 46.5 Å². The molecule has 1 aliphatic rings. The Hall–Kier alpha value is -2.33. The predicted octanol–water partition coefficient (Wildman–Crippen LogP) is 5.51. The van der Waals surface area contributed by atoms with Gasteiger partial charge in [-0.3, -0.25) is 4.79 Å². The largest absolute Gasteiger partial charge is 0.300 e. The van der Waals surface area contributed by atoms with Crippen molar-refractivity contribution in [3.05, 3.63) is 70.6 Å². The standard InChI is InChI=1S/C20H20N2OS/c1-20(2,3)15-11-9-14(10-12-15)13-17-18(22-19(23)24-17)21-16-7-5-4-6-8-16/h4-13H,1-3H3,(H,21,22,23)/b17-13-. The SMILES string of the molecule is CC(C)(C)c1ccc(/C=C2\SC(=O)NC2=Nc2ccccc2)cc1. The van der Waals surface area contributed by atoms with Crippen molar-refractivity contribution in [3.8, 4) is 0 Å². The van der Waals surface area contributed by atoms with Crippen molar-refractivity contribution < 1.29 is 4.79 Å². The molecule has 0 radical (unpaired) electrons. The minimum Gasteiger partial charge on any atom is -0.300 e. The Balaban J connectivity index is 1.90. The summed E-state index contributed by atoms with van der Waals surface area (Å²) in [5.74, 6) is 0.607. The van der Waals surface area contributed by atoms with Gasteiger partial charge in [0.2, 0.25) is 0 Å². The molecule has 1 N–H and O–H groups in total. The number of nitrogens with one attached hydrogen (secondary N) is 1. The zero-order valence-electron chi connectivity index (χ0n) is 14.0. The van der Waals surface area contributed by atoms with Crippen molar-refractivity contribution in [1.82, 2.24) is 5.32 Å². The summed E-state index contributed by atoms with van der Waals surface area (Å²) >= 11 is 1.18. The number of para-hydroxylation sites is 1. The highest BCUT2D eigenvalue weighted by atomic mass is 32.2. The third-order valence-corrected chi connectivity index (χ3v) is 4.55. The van der Waals surface area contributed by atoms with Crippen molar-refractivity contribution >= 4 is 34.6 Å². The Bertz CT molecular complexity index is 800. The summed E-state index contributed by atoms with van der Waals surface area (Å²) in [4.78, 5) is 17.1. The van der Waals surface area contributed by atoms with E-state index in [9.17, 15) is 4.79 Å². The van der Waals surface area contributed by atoms with Gasteiger partial charge in [0, 0.05) is 0 Å². The maximum absolute atomic E-state index is 11.8. The molecule has 0 bridgehead atoms. The molecule has 0 aliphatic carbocycles. The van der Waals surface area contributed by atoms with E-state index in [1.807, 2.05) is 36.4 Å². The second kappa shape index (κ2) is 6.65. The van der Waals surface area contributed by atoms with Gasteiger partial charge in [0.15, 0.2) is 0 Å². The molecule has 0 saturated carbocycles. The lowest BCUT2D eigenvalue weighted by Crippen LogP contribution is -2.18. The lowest BCUT2D eigenvalue weighted by Gasteiger charge is -2.18. The molecule has 24 heavy (non-hydrogen) atoms. The monoisotopic (exact) mass is 336 g/mol. The number of thioether (sulfide) groups is 1.